The standard InChI is InChI=1S/C20H25N3O3/c24-20(16-6-10-25-11-7-16)23-12-18-5-3-9-22(18)13-19(14-23)26-15-17-4-1-2-8-21-17/h1-5,8-9,16,19H,6-7,10-15H2/t19-/m1/s1. The molecule has 1 saturated heterocycles. The van der Waals surface area contributed by atoms with Gasteiger partial charge in [-0.1, -0.05) is 6.07 Å². The van der Waals surface area contributed by atoms with E-state index < -0.39 is 0 Å². The van der Waals surface area contributed by atoms with Crippen molar-refractivity contribution in [1.82, 2.24) is 14.5 Å². The van der Waals surface area contributed by atoms with Gasteiger partial charge in [0.1, 0.15) is 0 Å². The predicted molar refractivity (Wildman–Crippen MR) is 96.2 cm³/mol. The van der Waals surface area contributed by atoms with Gasteiger partial charge in [0.15, 0.2) is 0 Å². The molecule has 1 atom stereocenters. The van der Waals surface area contributed by atoms with E-state index in [1.807, 2.05) is 29.2 Å². The van der Waals surface area contributed by atoms with E-state index in [4.69, 9.17) is 9.47 Å². The number of amides is 1. The molecule has 0 spiro atoms. The van der Waals surface area contributed by atoms with Gasteiger partial charge in [-0.15, -0.1) is 0 Å². The molecule has 2 aliphatic rings. The van der Waals surface area contributed by atoms with Gasteiger partial charge in [0, 0.05) is 43.8 Å². The van der Waals surface area contributed by atoms with Gasteiger partial charge in [-0.3, -0.25) is 9.78 Å². The number of rotatable bonds is 4. The van der Waals surface area contributed by atoms with Crippen LogP contribution in [0.25, 0.3) is 0 Å². The van der Waals surface area contributed by atoms with E-state index >= 15 is 0 Å². The van der Waals surface area contributed by atoms with Crippen LogP contribution in [0.5, 0.6) is 0 Å². The van der Waals surface area contributed by atoms with E-state index in [9.17, 15) is 4.79 Å². The molecule has 6 heteroatoms. The first kappa shape index (κ1) is 17.2. The number of fused-ring (bicyclic) bond motifs is 1. The third-order valence-corrected chi connectivity index (χ3v) is 5.18. The normalized spacial score (nSPS) is 21.2. The van der Waals surface area contributed by atoms with Gasteiger partial charge in [-0.05, 0) is 37.1 Å². The van der Waals surface area contributed by atoms with Crippen molar-refractivity contribution in [3.8, 4) is 0 Å². The lowest BCUT2D eigenvalue weighted by Crippen LogP contribution is -2.42. The van der Waals surface area contributed by atoms with Crippen LogP contribution < -0.4 is 0 Å². The van der Waals surface area contributed by atoms with Crippen molar-refractivity contribution in [2.45, 2.75) is 38.6 Å². The first-order chi connectivity index (χ1) is 12.8. The average molecular weight is 355 g/mol. The number of ether oxygens (including phenoxy) is 2. The van der Waals surface area contributed by atoms with Gasteiger partial charge < -0.3 is 18.9 Å². The molecule has 138 valence electrons. The number of aromatic nitrogens is 2. The summed E-state index contributed by atoms with van der Waals surface area (Å²) in [6.45, 7) is 3.84. The average Bonchev–Trinajstić information content (AvgIpc) is 3.05. The van der Waals surface area contributed by atoms with Crippen LogP contribution in [0.1, 0.15) is 24.2 Å². The Bertz CT molecular complexity index is 725. The lowest BCUT2D eigenvalue weighted by molar-refractivity contribution is -0.141. The Morgan fingerprint density at radius 2 is 2.08 bits per heavy atom. The van der Waals surface area contributed by atoms with E-state index in [1.165, 1.54) is 0 Å². The second-order valence-corrected chi connectivity index (χ2v) is 7.01. The maximum absolute atomic E-state index is 13.1. The summed E-state index contributed by atoms with van der Waals surface area (Å²) < 4.78 is 13.7. The number of carbonyl (C=O) groups is 1. The topological polar surface area (TPSA) is 56.6 Å². The predicted octanol–water partition coefficient (Wildman–Crippen LogP) is 2.24. The quantitative estimate of drug-likeness (QED) is 0.844. The molecule has 2 aromatic heterocycles. The molecular weight excluding hydrogens is 330 g/mol. The van der Waals surface area contributed by atoms with E-state index in [0.717, 1.165) is 30.8 Å². The molecular formula is C20H25N3O3. The van der Waals surface area contributed by atoms with Crippen molar-refractivity contribution < 1.29 is 14.3 Å². The fourth-order valence-corrected chi connectivity index (χ4v) is 3.72. The molecule has 26 heavy (non-hydrogen) atoms. The minimum atomic E-state index is -0.0468. The minimum absolute atomic E-state index is 0.0468. The summed E-state index contributed by atoms with van der Waals surface area (Å²) in [7, 11) is 0. The summed E-state index contributed by atoms with van der Waals surface area (Å²) in [5.74, 6) is 0.302. The van der Waals surface area contributed by atoms with Gasteiger partial charge in [0.2, 0.25) is 5.91 Å². The van der Waals surface area contributed by atoms with E-state index in [-0.39, 0.29) is 17.9 Å². The third kappa shape index (κ3) is 3.97. The van der Waals surface area contributed by atoms with Gasteiger partial charge in [-0.25, -0.2) is 0 Å². The van der Waals surface area contributed by atoms with Crippen LogP contribution in [0.15, 0.2) is 42.7 Å². The van der Waals surface area contributed by atoms with Crippen LogP contribution in [0, 0.1) is 5.92 Å². The second-order valence-electron chi connectivity index (χ2n) is 7.01. The van der Waals surface area contributed by atoms with Gasteiger partial charge in [0.25, 0.3) is 0 Å². The van der Waals surface area contributed by atoms with Crippen molar-refractivity contribution >= 4 is 5.91 Å². The number of carbonyl (C=O) groups excluding carboxylic acids is 1. The minimum Gasteiger partial charge on any atom is -0.381 e. The van der Waals surface area contributed by atoms with E-state index in [2.05, 4.69) is 21.8 Å². The third-order valence-electron chi connectivity index (χ3n) is 5.18. The smallest absolute Gasteiger partial charge is 0.226 e. The molecule has 0 N–H and O–H groups in total. The Kier molecular flexibility index (Phi) is 5.32. The summed E-state index contributed by atoms with van der Waals surface area (Å²) in [6.07, 6.45) is 5.42. The Hall–Kier alpha value is -2.18. The summed E-state index contributed by atoms with van der Waals surface area (Å²) in [5.41, 5.74) is 2.07. The Morgan fingerprint density at radius 1 is 1.19 bits per heavy atom. The molecule has 4 rings (SSSR count). The highest BCUT2D eigenvalue weighted by molar-refractivity contribution is 5.79. The molecule has 0 bridgehead atoms. The van der Waals surface area contributed by atoms with Crippen molar-refractivity contribution in [2.24, 2.45) is 5.92 Å². The van der Waals surface area contributed by atoms with Gasteiger partial charge in [0.05, 0.1) is 31.5 Å². The first-order valence-corrected chi connectivity index (χ1v) is 9.31. The summed E-state index contributed by atoms with van der Waals surface area (Å²) in [6, 6.07) is 9.95. The zero-order valence-corrected chi connectivity index (χ0v) is 14.9. The molecule has 0 aromatic carbocycles. The zero-order chi connectivity index (χ0) is 17.8. The first-order valence-electron chi connectivity index (χ1n) is 9.31. The summed E-state index contributed by atoms with van der Waals surface area (Å²) >= 11 is 0. The highest BCUT2D eigenvalue weighted by Gasteiger charge is 2.30. The van der Waals surface area contributed by atoms with Crippen LogP contribution in [-0.4, -0.2) is 46.2 Å². The number of hydrogen-bond acceptors (Lipinski definition) is 4. The Labute approximate surface area is 153 Å². The highest BCUT2D eigenvalue weighted by Crippen LogP contribution is 2.22. The van der Waals surface area contributed by atoms with Crippen LogP contribution in [0.4, 0.5) is 0 Å². The number of hydrogen-bond donors (Lipinski definition) is 0. The Morgan fingerprint density at radius 3 is 2.88 bits per heavy atom. The van der Waals surface area contributed by atoms with Gasteiger partial charge in [-0.2, -0.15) is 0 Å². The lowest BCUT2D eigenvalue weighted by atomic mass is 9.98. The molecule has 1 fully saturated rings. The van der Waals surface area contributed by atoms with Crippen LogP contribution in [-0.2, 0) is 34.0 Å². The summed E-state index contributed by atoms with van der Waals surface area (Å²) in [4.78, 5) is 19.3. The second kappa shape index (κ2) is 8.01. The monoisotopic (exact) mass is 355 g/mol. The zero-order valence-electron chi connectivity index (χ0n) is 14.9. The largest absolute Gasteiger partial charge is 0.381 e. The van der Waals surface area contributed by atoms with E-state index in [0.29, 0.717) is 32.9 Å². The Balaban J connectivity index is 1.47. The lowest BCUT2D eigenvalue weighted by Gasteiger charge is -2.30. The molecule has 2 aromatic rings. The molecule has 0 unspecified atom stereocenters. The molecule has 2 aliphatic heterocycles. The molecule has 1 amide bonds. The van der Waals surface area contributed by atoms with E-state index in [1.54, 1.807) is 6.20 Å². The van der Waals surface area contributed by atoms with Crippen molar-refractivity contribution in [1.29, 1.82) is 0 Å². The SMILES string of the molecule is O=C(C1CCOCC1)N1Cc2cccn2C[C@@H](OCc2ccccn2)C1. The molecule has 0 aliphatic carbocycles. The summed E-state index contributed by atoms with van der Waals surface area (Å²) in [5, 5.41) is 0. The molecule has 0 radical (unpaired) electrons. The van der Waals surface area contributed by atoms with Crippen LogP contribution >= 0.6 is 0 Å². The van der Waals surface area contributed by atoms with Crippen molar-refractivity contribution in [3.63, 3.8) is 0 Å². The van der Waals surface area contributed by atoms with Crippen LogP contribution in [0.3, 0.4) is 0 Å². The number of pyridine rings is 1. The maximum atomic E-state index is 13.1. The van der Waals surface area contributed by atoms with Crippen LogP contribution in [0.2, 0.25) is 0 Å². The fraction of sp³-hybridized carbons (Fsp3) is 0.500. The van der Waals surface area contributed by atoms with Crippen molar-refractivity contribution in [2.75, 3.05) is 19.8 Å². The van der Waals surface area contributed by atoms with Crippen molar-refractivity contribution in [3.05, 3.63) is 54.1 Å². The van der Waals surface area contributed by atoms with Gasteiger partial charge >= 0.3 is 0 Å². The fourth-order valence-electron chi connectivity index (χ4n) is 3.72. The molecule has 4 heterocycles. The molecule has 6 nitrogen and oxygen atoms in total. The number of nitrogens with zero attached hydrogens (tertiary/aromatic N) is 3. The highest BCUT2D eigenvalue weighted by atomic mass is 16.5. The molecule has 0 saturated carbocycles. The maximum Gasteiger partial charge on any atom is 0.226 e.